The van der Waals surface area contributed by atoms with E-state index in [0.717, 1.165) is 34.5 Å². The van der Waals surface area contributed by atoms with Gasteiger partial charge in [-0.1, -0.05) is 57.2 Å². The zero-order valence-electron chi connectivity index (χ0n) is 42.6. The number of nitrogens with zero attached hydrogens (tertiary/aromatic N) is 2. The van der Waals surface area contributed by atoms with Crippen molar-refractivity contribution in [3.8, 4) is 16.2 Å². The summed E-state index contributed by atoms with van der Waals surface area (Å²) < 4.78 is 55.0. The van der Waals surface area contributed by atoms with Crippen LogP contribution in [0.5, 0.6) is 5.75 Å². The van der Waals surface area contributed by atoms with Crippen molar-refractivity contribution in [1.82, 2.24) is 20.5 Å². The monoisotopic (exact) mass is 1030 g/mol. The van der Waals surface area contributed by atoms with Gasteiger partial charge in [0, 0.05) is 44.1 Å². The maximum absolute atomic E-state index is 14.6. The number of aliphatic hydroxyl groups excluding tert-OH is 1. The summed E-state index contributed by atoms with van der Waals surface area (Å²) in [4.78, 5) is 57.9. The fourth-order valence-corrected chi connectivity index (χ4v) is 8.64. The number of carbonyl (C=O) groups is 4. The van der Waals surface area contributed by atoms with Gasteiger partial charge in [0.1, 0.15) is 24.4 Å². The van der Waals surface area contributed by atoms with Crippen LogP contribution in [-0.2, 0) is 67.2 Å². The number of aryl methyl sites for hydroxylation is 2. The van der Waals surface area contributed by atoms with Crippen LogP contribution in [0.15, 0.2) is 48.0 Å². The van der Waals surface area contributed by atoms with Crippen molar-refractivity contribution in [3.63, 3.8) is 0 Å². The van der Waals surface area contributed by atoms with E-state index in [1.807, 2.05) is 32.0 Å². The van der Waals surface area contributed by atoms with Crippen molar-refractivity contribution >= 4 is 35.0 Å². The molecule has 1 aliphatic carbocycles. The third kappa shape index (κ3) is 19.3. The third-order valence-corrected chi connectivity index (χ3v) is 13.4. The summed E-state index contributed by atoms with van der Waals surface area (Å²) in [6.07, 6.45) is 1.65. The van der Waals surface area contributed by atoms with Gasteiger partial charge >= 0.3 is 0 Å². The highest BCUT2D eigenvalue weighted by Gasteiger charge is 2.53. The molecule has 400 valence electrons. The molecule has 1 unspecified atom stereocenters. The van der Waals surface area contributed by atoms with Gasteiger partial charge in [-0.2, -0.15) is 0 Å². The van der Waals surface area contributed by atoms with Gasteiger partial charge < -0.3 is 65.3 Å². The number of likely N-dealkylation sites (tertiary alicyclic amines) is 1. The number of aromatic nitrogens is 1. The Kier molecular flexibility index (Phi) is 23.7. The minimum atomic E-state index is -1.97. The summed E-state index contributed by atoms with van der Waals surface area (Å²) in [6, 6.07) is 11.6. The molecule has 3 aromatic rings. The van der Waals surface area contributed by atoms with E-state index in [2.05, 4.69) is 39.9 Å². The van der Waals surface area contributed by atoms with Crippen LogP contribution in [-0.4, -0.2) is 154 Å². The molecule has 2 heterocycles. The maximum Gasteiger partial charge on any atom is 0.258 e. The van der Waals surface area contributed by atoms with E-state index in [0.29, 0.717) is 83.8 Å². The number of ether oxygens (including phenoxy) is 7. The molecule has 1 saturated carbocycles. The largest absolute Gasteiger partial charge is 0.491 e. The van der Waals surface area contributed by atoms with Crippen molar-refractivity contribution in [3.05, 3.63) is 70.4 Å². The summed E-state index contributed by atoms with van der Waals surface area (Å²) in [5, 5.41) is 16.1. The number of hydrogen-bond acceptors (Lipinski definition) is 15. The van der Waals surface area contributed by atoms with Crippen LogP contribution in [0.1, 0.15) is 88.6 Å². The van der Waals surface area contributed by atoms with Crippen molar-refractivity contribution in [2.24, 2.45) is 16.9 Å². The van der Waals surface area contributed by atoms with Crippen LogP contribution in [0.2, 0.25) is 0 Å². The molecule has 0 radical (unpaired) electrons. The van der Waals surface area contributed by atoms with E-state index in [4.69, 9.17) is 44.6 Å². The molecule has 1 aliphatic heterocycles. The first kappa shape index (κ1) is 58.3. The van der Waals surface area contributed by atoms with Crippen LogP contribution in [0.4, 0.5) is 4.39 Å². The Hall–Kier alpha value is -4.64. The van der Waals surface area contributed by atoms with Gasteiger partial charge in [0.15, 0.2) is 5.67 Å². The van der Waals surface area contributed by atoms with E-state index >= 15 is 0 Å². The molecule has 2 aromatic carbocycles. The lowest BCUT2D eigenvalue weighted by Crippen LogP contribution is -2.59. The topological polar surface area (TPSA) is 245 Å². The molecule has 0 spiro atoms. The lowest BCUT2D eigenvalue weighted by atomic mass is 9.85. The number of nitrogens with one attached hydrogen (secondary N) is 2. The first-order valence-electron chi connectivity index (χ1n) is 25.0. The highest BCUT2D eigenvalue weighted by atomic mass is 32.1. The quantitative estimate of drug-likeness (QED) is 0.0524. The molecule has 1 aromatic heterocycles. The standard InChI is InChI=1S/C52H77FN6O12S/c1-35-46(72-34-57-35)39-12-13-40(31-56-48(62)43-30-41(60)32-59(43)49(63)47(51(3,4)5)58-50(64)52(53)16-17-52)44(29-39)70-28-27-69-26-25-68-24-23-67-22-21-66-20-19-65-18-6-7-37-8-10-38(11-9-37)33-71-36(2)42(54)14-15-45(55)61/h8-13,29,34,36,41-43,47,60H,6-7,14-28,30-33,54H2,1-5H3,(H2,55,61)(H,56,62)(H,58,64)/t36-,41?,42+,43+,47-/m1/s1. The van der Waals surface area contributed by atoms with Crippen LogP contribution in [0.25, 0.3) is 10.4 Å². The Balaban J connectivity index is 0.913. The number of benzene rings is 2. The van der Waals surface area contributed by atoms with Gasteiger partial charge in [0.2, 0.25) is 17.7 Å². The summed E-state index contributed by atoms with van der Waals surface area (Å²) in [5.74, 6) is -1.68. The van der Waals surface area contributed by atoms with Gasteiger partial charge in [0.05, 0.1) is 94.4 Å². The Morgan fingerprint density at radius 1 is 0.903 bits per heavy atom. The van der Waals surface area contributed by atoms with Gasteiger partial charge in [-0.25, -0.2) is 9.37 Å². The van der Waals surface area contributed by atoms with Gasteiger partial charge in [-0.05, 0) is 74.1 Å². The number of halogens is 1. The molecule has 18 nitrogen and oxygen atoms in total. The molecule has 2 aliphatic rings. The second kappa shape index (κ2) is 29.3. The zero-order valence-corrected chi connectivity index (χ0v) is 43.4. The van der Waals surface area contributed by atoms with Crippen LogP contribution in [0.3, 0.4) is 0 Å². The molecule has 2 fully saturated rings. The lowest BCUT2D eigenvalue weighted by molar-refractivity contribution is -0.145. The van der Waals surface area contributed by atoms with E-state index in [-0.39, 0.29) is 70.0 Å². The molecule has 0 bridgehead atoms. The molecule has 4 amide bonds. The fourth-order valence-electron chi connectivity index (χ4n) is 7.84. The minimum Gasteiger partial charge on any atom is -0.491 e. The van der Waals surface area contributed by atoms with Crippen molar-refractivity contribution in [1.29, 1.82) is 0 Å². The van der Waals surface area contributed by atoms with E-state index in [9.17, 15) is 28.7 Å². The number of thiazole rings is 1. The Labute approximate surface area is 427 Å². The first-order chi connectivity index (χ1) is 34.4. The summed E-state index contributed by atoms with van der Waals surface area (Å²) in [6.45, 7) is 14.1. The first-order valence-corrected chi connectivity index (χ1v) is 25.9. The molecule has 72 heavy (non-hydrogen) atoms. The third-order valence-electron chi connectivity index (χ3n) is 12.5. The number of amides is 4. The number of rotatable bonds is 34. The van der Waals surface area contributed by atoms with Crippen molar-refractivity contribution in [2.75, 3.05) is 79.2 Å². The molecule has 20 heteroatoms. The molecular formula is C52H77FN6O12S. The van der Waals surface area contributed by atoms with Gasteiger partial charge in [-0.15, -0.1) is 11.3 Å². The number of nitrogens with two attached hydrogens (primary N) is 2. The SMILES string of the molecule is Cc1ncsc1-c1ccc(CNC(=O)[C@@H]2CC(O)CN2C(=O)[C@@H](NC(=O)C2(F)CC2)C(C)(C)C)c(OCCOCCOCCOCCOCCOCCCc2ccc(CO[C@H](C)[C@@H](N)CCC(N)=O)cc2)c1. The Morgan fingerprint density at radius 3 is 2.07 bits per heavy atom. The highest BCUT2D eigenvalue weighted by Crippen LogP contribution is 2.40. The summed E-state index contributed by atoms with van der Waals surface area (Å²) in [7, 11) is 0. The second-order valence-corrected chi connectivity index (χ2v) is 20.3. The molecule has 1 saturated heterocycles. The summed E-state index contributed by atoms with van der Waals surface area (Å²) >= 11 is 1.51. The van der Waals surface area contributed by atoms with E-state index in [1.165, 1.54) is 21.8 Å². The van der Waals surface area contributed by atoms with Gasteiger partial charge in [0.25, 0.3) is 5.91 Å². The number of carbonyl (C=O) groups excluding carboxylic acids is 4. The molecule has 5 atom stereocenters. The molecule has 5 rings (SSSR count). The normalized spacial score (nSPS) is 17.6. The van der Waals surface area contributed by atoms with Crippen LogP contribution < -0.4 is 26.8 Å². The number of hydrogen-bond donors (Lipinski definition) is 5. The number of alkyl halides is 1. The van der Waals surface area contributed by atoms with Crippen LogP contribution in [0, 0.1) is 12.3 Å². The number of primary amides is 1. The predicted molar refractivity (Wildman–Crippen MR) is 270 cm³/mol. The van der Waals surface area contributed by atoms with Crippen molar-refractivity contribution < 1.29 is 61.8 Å². The highest BCUT2D eigenvalue weighted by molar-refractivity contribution is 7.13. The Bertz CT molecular complexity index is 2150. The van der Waals surface area contributed by atoms with Crippen LogP contribution >= 0.6 is 11.3 Å². The summed E-state index contributed by atoms with van der Waals surface area (Å²) in [5.41, 5.74) is 15.1. The lowest BCUT2D eigenvalue weighted by Gasteiger charge is -2.35. The maximum atomic E-state index is 14.6. The second-order valence-electron chi connectivity index (χ2n) is 19.5. The predicted octanol–water partition coefficient (Wildman–Crippen LogP) is 4.32. The van der Waals surface area contributed by atoms with E-state index < -0.39 is 47.0 Å². The average Bonchev–Trinajstić information content (AvgIpc) is 3.76. The smallest absolute Gasteiger partial charge is 0.258 e. The minimum absolute atomic E-state index is 0.0167. The van der Waals surface area contributed by atoms with Gasteiger partial charge in [-0.3, -0.25) is 19.2 Å². The fraction of sp³-hybridized carbons (Fsp3) is 0.635. The number of β-amino-alcohol motifs (C(OH)–C–C–N with tert-alkyl or cyclic N) is 1. The molecule has 7 N–H and O–H groups in total. The Morgan fingerprint density at radius 2 is 1.50 bits per heavy atom. The molecular weight excluding hydrogens is 952 g/mol. The van der Waals surface area contributed by atoms with E-state index in [1.54, 1.807) is 26.3 Å². The zero-order chi connectivity index (χ0) is 52.1. The average molecular weight is 1030 g/mol. The number of aliphatic hydroxyl groups is 1. The van der Waals surface area contributed by atoms with Crippen molar-refractivity contribution in [2.45, 2.75) is 129 Å².